The highest BCUT2D eigenvalue weighted by Gasteiger charge is 2.73. The number of ether oxygens (including phenoxy) is 1. The molecule has 8 atom stereocenters. The zero-order valence-corrected chi connectivity index (χ0v) is 18.4. The van der Waals surface area contributed by atoms with Gasteiger partial charge in [-0.1, -0.05) is 6.92 Å². The molecule has 0 saturated heterocycles. The largest absolute Gasteiger partial charge is 0.475 e. The molecule has 5 aliphatic rings. The lowest BCUT2D eigenvalue weighted by Crippen LogP contribution is -2.71. The molecule has 4 N–H and O–H groups in total. The molecule has 0 bridgehead atoms. The van der Waals surface area contributed by atoms with Gasteiger partial charge in [0.05, 0.1) is 22.7 Å². The number of cyclic esters (lactones) is 1. The molecule has 4 fully saturated rings. The maximum absolute atomic E-state index is 13.2. The Hall–Kier alpha value is -1.77. The summed E-state index contributed by atoms with van der Waals surface area (Å²) in [4.78, 5) is 36.8. The molecule has 0 spiro atoms. The van der Waals surface area contributed by atoms with E-state index in [1.165, 1.54) is 6.08 Å². The first-order valence-electron chi connectivity index (χ1n) is 11.8. The van der Waals surface area contributed by atoms with Crippen LogP contribution in [-0.2, 0) is 19.1 Å². The van der Waals surface area contributed by atoms with Gasteiger partial charge in [-0.2, -0.15) is 0 Å². The number of carbonyl (C=O) groups is 3. The third-order valence-electron chi connectivity index (χ3n) is 10.2. The van der Waals surface area contributed by atoms with Gasteiger partial charge in [-0.05, 0) is 74.7 Å². The van der Waals surface area contributed by atoms with Crippen LogP contribution in [0.25, 0.3) is 0 Å². The Morgan fingerprint density at radius 2 is 1.75 bits per heavy atom. The summed E-state index contributed by atoms with van der Waals surface area (Å²) < 4.78 is 5.13. The van der Waals surface area contributed by atoms with Gasteiger partial charge in [-0.3, -0.25) is 4.79 Å². The molecule has 8 heteroatoms. The first-order chi connectivity index (χ1) is 15.0. The Kier molecular flexibility index (Phi) is 4.73. The second kappa shape index (κ2) is 6.87. The summed E-state index contributed by atoms with van der Waals surface area (Å²) in [6, 6.07) is 0. The Balaban J connectivity index is 1.57. The molecule has 4 saturated carbocycles. The summed E-state index contributed by atoms with van der Waals surface area (Å²) in [7, 11) is 0. The number of esters is 1. The summed E-state index contributed by atoms with van der Waals surface area (Å²) >= 11 is 0. The summed E-state index contributed by atoms with van der Waals surface area (Å²) in [6.45, 7) is 2.28. The summed E-state index contributed by atoms with van der Waals surface area (Å²) in [5, 5.41) is 43.8. The Bertz CT molecular complexity index is 912. The minimum Gasteiger partial charge on any atom is -0.475 e. The highest BCUT2D eigenvalue weighted by molar-refractivity contribution is 6.35. The maximum Gasteiger partial charge on any atom is 0.372 e. The highest BCUT2D eigenvalue weighted by atomic mass is 16.5. The van der Waals surface area contributed by atoms with Crippen molar-refractivity contribution in [3.8, 4) is 0 Å². The van der Waals surface area contributed by atoms with Gasteiger partial charge in [0, 0.05) is 17.9 Å². The molecule has 176 valence electrons. The fourth-order valence-electron chi connectivity index (χ4n) is 8.71. The number of aliphatic hydroxyl groups is 3. The number of ketones is 1. The number of carboxylic acid groups (broad SMARTS) is 1. The Morgan fingerprint density at radius 1 is 1.03 bits per heavy atom. The van der Waals surface area contributed by atoms with Gasteiger partial charge < -0.3 is 25.2 Å². The Labute approximate surface area is 186 Å². The average molecular weight is 449 g/mol. The van der Waals surface area contributed by atoms with Gasteiger partial charge in [-0.25, -0.2) is 9.59 Å². The molecule has 5 rings (SSSR count). The molecular weight excluding hydrogens is 416 g/mol. The predicted molar refractivity (Wildman–Crippen MR) is 110 cm³/mol. The third-order valence-corrected chi connectivity index (χ3v) is 10.2. The van der Waals surface area contributed by atoms with Crippen molar-refractivity contribution in [2.75, 3.05) is 6.61 Å². The van der Waals surface area contributed by atoms with Gasteiger partial charge in [0.25, 0.3) is 0 Å². The van der Waals surface area contributed by atoms with Crippen LogP contribution in [0.3, 0.4) is 0 Å². The lowest BCUT2D eigenvalue weighted by molar-refractivity contribution is -0.253. The fraction of sp³-hybridized carbons (Fsp3) is 0.792. The van der Waals surface area contributed by atoms with E-state index in [2.05, 4.69) is 0 Å². The first-order valence-corrected chi connectivity index (χ1v) is 11.8. The van der Waals surface area contributed by atoms with E-state index < -0.39 is 45.8 Å². The second-order valence-electron chi connectivity index (χ2n) is 11.1. The Morgan fingerprint density at radius 3 is 2.41 bits per heavy atom. The van der Waals surface area contributed by atoms with Crippen molar-refractivity contribution in [1.82, 2.24) is 0 Å². The van der Waals surface area contributed by atoms with Gasteiger partial charge in [0.2, 0.25) is 5.78 Å². The van der Waals surface area contributed by atoms with Crippen LogP contribution >= 0.6 is 0 Å². The number of Topliss-reactive ketones (excluding diaryl/α,β-unsaturated/α-hetero) is 1. The molecule has 0 radical (unpaired) electrons. The monoisotopic (exact) mass is 448 g/mol. The maximum atomic E-state index is 13.2. The van der Waals surface area contributed by atoms with Crippen molar-refractivity contribution in [2.45, 2.75) is 82.0 Å². The number of aliphatic hydroxyl groups excluding tert-OH is 1. The number of carbonyl (C=O) groups excluding carboxylic acids is 2. The van der Waals surface area contributed by atoms with Crippen LogP contribution in [0.1, 0.15) is 64.7 Å². The second-order valence-corrected chi connectivity index (χ2v) is 11.1. The number of aliphatic carboxylic acids is 1. The fourth-order valence-corrected chi connectivity index (χ4v) is 8.71. The van der Waals surface area contributed by atoms with Crippen molar-refractivity contribution in [1.29, 1.82) is 0 Å². The van der Waals surface area contributed by atoms with Gasteiger partial charge in [0.1, 0.15) is 6.61 Å². The molecule has 0 aromatic heterocycles. The van der Waals surface area contributed by atoms with Crippen LogP contribution in [0.15, 0.2) is 11.6 Å². The van der Waals surface area contributed by atoms with Crippen LogP contribution < -0.4 is 0 Å². The van der Waals surface area contributed by atoms with E-state index in [0.29, 0.717) is 32.1 Å². The van der Waals surface area contributed by atoms with Crippen molar-refractivity contribution in [3.63, 3.8) is 0 Å². The number of hydrogen-bond acceptors (Lipinski definition) is 7. The van der Waals surface area contributed by atoms with E-state index in [0.717, 1.165) is 5.57 Å². The van der Waals surface area contributed by atoms with Crippen molar-refractivity contribution < 1.29 is 39.5 Å². The van der Waals surface area contributed by atoms with E-state index in [1.54, 1.807) is 0 Å². The van der Waals surface area contributed by atoms with Gasteiger partial charge >= 0.3 is 11.9 Å². The van der Waals surface area contributed by atoms with Gasteiger partial charge in [0.15, 0.2) is 0 Å². The van der Waals surface area contributed by atoms with E-state index in [4.69, 9.17) is 4.74 Å². The number of hydrogen-bond donors (Lipinski definition) is 4. The molecule has 0 aromatic rings. The van der Waals surface area contributed by atoms with E-state index >= 15 is 0 Å². The van der Waals surface area contributed by atoms with Crippen LogP contribution in [0.5, 0.6) is 0 Å². The average Bonchev–Trinajstić information content (AvgIpc) is 3.26. The molecule has 1 heterocycles. The molecule has 0 amide bonds. The summed E-state index contributed by atoms with van der Waals surface area (Å²) in [6.07, 6.45) is 4.04. The standard InChI is InChI=1S/C24H32O8/c1-21-6-3-16-17(24(21,31)9-5-15(21)13-10-18(26)32-12-13)4-7-22(30)11-14(25)2-8-23(16,22)19(27)20(28)29/h10,14-17,25,30-31H,2-9,11-12H2,1H3,(H,28,29)/t14-,15+,16-,17+,21+,22-,23+,24-/m0/s1. The minimum absolute atomic E-state index is 0.0139. The van der Waals surface area contributed by atoms with Crippen LogP contribution in [0.2, 0.25) is 0 Å². The molecule has 1 aliphatic heterocycles. The van der Waals surface area contributed by atoms with Gasteiger partial charge in [-0.15, -0.1) is 0 Å². The van der Waals surface area contributed by atoms with Crippen LogP contribution in [0, 0.1) is 28.6 Å². The van der Waals surface area contributed by atoms with Crippen molar-refractivity contribution in [2.24, 2.45) is 28.6 Å². The molecule has 32 heavy (non-hydrogen) atoms. The normalized spacial score (nSPS) is 50.0. The molecule has 4 aliphatic carbocycles. The quantitative estimate of drug-likeness (QED) is 0.375. The van der Waals surface area contributed by atoms with Crippen molar-refractivity contribution in [3.05, 3.63) is 11.6 Å². The highest BCUT2D eigenvalue weighted by Crippen LogP contribution is 2.70. The van der Waals surface area contributed by atoms with Crippen LogP contribution in [0.4, 0.5) is 0 Å². The SMILES string of the molecule is C[C@]12CC[C@H]3[C@@H](CC[C@]4(O)C[C@@H](O)CC[C@]34C(=O)C(=O)O)[C@@]1(O)CC[C@@H]2C1=CC(=O)OC1. The topological polar surface area (TPSA) is 141 Å². The molecule has 8 nitrogen and oxygen atoms in total. The van der Waals surface area contributed by atoms with E-state index in [1.807, 2.05) is 6.92 Å². The molecular formula is C24H32O8. The predicted octanol–water partition coefficient (Wildman–Crippen LogP) is 1.35. The lowest BCUT2D eigenvalue weighted by Gasteiger charge is -2.65. The summed E-state index contributed by atoms with van der Waals surface area (Å²) in [5.74, 6) is -3.71. The van der Waals surface area contributed by atoms with Crippen LogP contribution in [-0.4, -0.2) is 62.1 Å². The number of fused-ring (bicyclic) bond motifs is 5. The number of carboxylic acids is 1. The zero-order valence-electron chi connectivity index (χ0n) is 18.4. The summed E-state index contributed by atoms with van der Waals surface area (Å²) in [5.41, 5.74) is -3.84. The van der Waals surface area contributed by atoms with E-state index in [-0.39, 0.29) is 50.1 Å². The van der Waals surface area contributed by atoms with E-state index in [9.17, 15) is 34.8 Å². The van der Waals surface area contributed by atoms with Crippen molar-refractivity contribution >= 4 is 17.7 Å². The first kappa shape index (κ1) is 22.0. The molecule has 0 unspecified atom stereocenters. The zero-order chi connectivity index (χ0) is 23.1. The third kappa shape index (κ3) is 2.57. The lowest BCUT2D eigenvalue weighted by atomic mass is 9.40. The smallest absolute Gasteiger partial charge is 0.372 e. The number of rotatable bonds is 3. The molecule has 0 aromatic carbocycles. The minimum atomic E-state index is -1.59.